The fourth-order valence-electron chi connectivity index (χ4n) is 1.70. The van der Waals surface area contributed by atoms with Crippen molar-refractivity contribution >= 4 is 0 Å². The topological polar surface area (TPSA) is 30.7 Å². The van der Waals surface area contributed by atoms with Gasteiger partial charge in [-0.3, -0.25) is 0 Å². The van der Waals surface area contributed by atoms with Crippen LogP contribution in [0.4, 0.5) is 13.2 Å². The van der Waals surface area contributed by atoms with Crippen LogP contribution in [0.1, 0.15) is 45.1 Å². The van der Waals surface area contributed by atoms with Gasteiger partial charge < -0.3 is 0 Å². The molecule has 0 fully saturated rings. The Hall–Kier alpha value is -1.85. The van der Waals surface area contributed by atoms with Gasteiger partial charge in [-0.05, 0) is 20.8 Å². The van der Waals surface area contributed by atoms with Crippen LogP contribution in [0.3, 0.4) is 0 Å². The Labute approximate surface area is 122 Å². The highest BCUT2D eigenvalue weighted by molar-refractivity contribution is 5.55. The van der Waals surface area contributed by atoms with E-state index < -0.39 is 12.0 Å². The number of hydrogen-bond donors (Lipinski definition) is 0. The molecule has 0 aliphatic carbocycles. The van der Waals surface area contributed by atoms with Crippen molar-refractivity contribution < 1.29 is 13.2 Å². The Balaban J connectivity index is 0.00000106. The van der Waals surface area contributed by atoms with Crippen LogP contribution in [0.2, 0.25) is 0 Å². The van der Waals surface area contributed by atoms with Crippen molar-refractivity contribution in [3.63, 3.8) is 0 Å². The SMILES string of the molecule is CC.Cc1ccc(-c2nc(C(F)(F)F)nn2C(C)C)cc1. The standard InChI is InChI=1S/C13H14F3N3.C2H6/c1-8(2)19-11(10-6-4-9(3)5-7-10)17-12(18-19)13(14,15)16;1-2/h4-8H,1-3H3;1-2H3. The maximum absolute atomic E-state index is 12.7. The summed E-state index contributed by atoms with van der Waals surface area (Å²) in [6.07, 6.45) is -4.53. The van der Waals surface area contributed by atoms with Crippen molar-refractivity contribution in [1.29, 1.82) is 0 Å². The van der Waals surface area contributed by atoms with E-state index >= 15 is 0 Å². The highest BCUT2D eigenvalue weighted by Gasteiger charge is 2.37. The second kappa shape index (κ2) is 6.74. The van der Waals surface area contributed by atoms with E-state index in [-0.39, 0.29) is 11.9 Å². The number of hydrogen-bond acceptors (Lipinski definition) is 2. The Morgan fingerprint density at radius 2 is 1.57 bits per heavy atom. The third-order valence-electron chi connectivity index (χ3n) is 2.68. The number of nitrogens with zero attached hydrogens (tertiary/aromatic N) is 3. The monoisotopic (exact) mass is 299 g/mol. The second-order valence-electron chi connectivity index (χ2n) is 4.66. The molecule has 0 aliphatic rings. The third kappa shape index (κ3) is 4.06. The molecule has 21 heavy (non-hydrogen) atoms. The van der Waals surface area contributed by atoms with E-state index in [1.807, 2.05) is 32.9 Å². The predicted octanol–water partition coefficient (Wildman–Crippen LogP) is 4.88. The zero-order valence-electron chi connectivity index (χ0n) is 12.9. The Kier molecular flexibility index (Phi) is 5.52. The molecule has 2 rings (SSSR count). The maximum Gasteiger partial charge on any atom is 0.453 e. The first-order valence-electron chi connectivity index (χ1n) is 6.90. The summed E-state index contributed by atoms with van der Waals surface area (Å²) in [6.45, 7) is 9.46. The molecule has 3 nitrogen and oxygen atoms in total. The van der Waals surface area contributed by atoms with Gasteiger partial charge in [-0.1, -0.05) is 43.7 Å². The summed E-state index contributed by atoms with van der Waals surface area (Å²) < 4.78 is 39.4. The van der Waals surface area contributed by atoms with Crippen LogP contribution >= 0.6 is 0 Å². The second-order valence-corrected chi connectivity index (χ2v) is 4.66. The van der Waals surface area contributed by atoms with E-state index in [1.54, 1.807) is 26.0 Å². The lowest BCUT2D eigenvalue weighted by Crippen LogP contribution is -2.10. The van der Waals surface area contributed by atoms with Gasteiger partial charge in [-0.15, -0.1) is 5.10 Å². The molecule has 0 saturated carbocycles. The lowest BCUT2D eigenvalue weighted by atomic mass is 10.1. The number of halogens is 3. The molecule has 1 aromatic carbocycles. The smallest absolute Gasteiger partial charge is 0.243 e. The quantitative estimate of drug-likeness (QED) is 0.791. The highest BCUT2D eigenvalue weighted by atomic mass is 19.4. The summed E-state index contributed by atoms with van der Waals surface area (Å²) in [5.74, 6) is -0.862. The molecular weight excluding hydrogens is 279 g/mol. The van der Waals surface area contributed by atoms with E-state index in [4.69, 9.17) is 0 Å². The van der Waals surface area contributed by atoms with Crippen molar-refractivity contribution in [3.8, 4) is 11.4 Å². The molecule has 0 aliphatic heterocycles. The minimum Gasteiger partial charge on any atom is -0.243 e. The molecule has 0 atom stereocenters. The molecule has 2 aromatic rings. The Morgan fingerprint density at radius 3 is 2.00 bits per heavy atom. The molecule has 0 saturated heterocycles. The lowest BCUT2D eigenvalue weighted by Gasteiger charge is -2.09. The van der Waals surface area contributed by atoms with Gasteiger partial charge in [-0.2, -0.15) is 13.2 Å². The van der Waals surface area contributed by atoms with E-state index in [1.165, 1.54) is 4.68 Å². The van der Waals surface area contributed by atoms with Crippen molar-refractivity contribution in [2.75, 3.05) is 0 Å². The third-order valence-corrected chi connectivity index (χ3v) is 2.68. The number of rotatable bonds is 2. The van der Waals surface area contributed by atoms with Crippen LogP contribution in [0.5, 0.6) is 0 Å². The maximum atomic E-state index is 12.7. The zero-order chi connectivity index (χ0) is 16.2. The first kappa shape index (κ1) is 17.2. The molecule has 1 aromatic heterocycles. The number of aryl methyl sites for hydroxylation is 1. The lowest BCUT2D eigenvalue weighted by molar-refractivity contribution is -0.145. The highest BCUT2D eigenvalue weighted by Crippen LogP contribution is 2.30. The summed E-state index contributed by atoms with van der Waals surface area (Å²) in [7, 11) is 0. The van der Waals surface area contributed by atoms with Gasteiger partial charge >= 0.3 is 6.18 Å². The minimum absolute atomic E-state index is 0.195. The van der Waals surface area contributed by atoms with Gasteiger partial charge in [0.05, 0.1) is 0 Å². The molecular formula is C15H20F3N3. The van der Waals surface area contributed by atoms with Crippen LogP contribution < -0.4 is 0 Å². The first-order chi connectivity index (χ1) is 9.79. The van der Waals surface area contributed by atoms with Crippen LogP contribution in [0.25, 0.3) is 11.4 Å². The zero-order valence-corrected chi connectivity index (χ0v) is 12.9. The van der Waals surface area contributed by atoms with E-state index in [0.717, 1.165) is 5.56 Å². The largest absolute Gasteiger partial charge is 0.453 e. The average molecular weight is 299 g/mol. The molecule has 0 N–H and O–H groups in total. The molecule has 0 spiro atoms. The van der Waals surface area contributed by atoms with E-state index in [9.17, 15) is 13.2 Å². The van der Waals surface area contributed by atoms with E-state index in [2.05, 4.69) is 10.1 Å². The molecule has 0 unspecified atom stereocenters. The van der Waals surface area contributed by atoms with Crippen molar-refractivity contribution in [1.82, 2.24) is 14.8 Å². The summed E-state index contributed by atoms with van der Waals surface area (Å²) in [4.78, 5) is 3.63. The van der Waals surface area contributed by atoms with Gasteiger partial charge in [0, 0.05) is 11.6 Å². The summed E-state index contributed by atoms with van der Waals surface area (Å²) in [6, 6.07) is 6.97. The van der Waals surface area contributed by atoms with Gasteiger partial charge in [-0.25, -0.2) is 9.67 Å². The molecule has 6 heteroatoms. The van der Waals surface area contributed by atoms with Crippen LogP contribution in [0.15, 0.2) is 24.3 Å². The van der Waals surface area contributed by atoms with Gasteiger partial charge in [0.25, 0.3) is 5.82 Å². The molecule has 0 radical (unpaired) electrons. The van der Waals surface area contributed by atoms with Gasteiger partial charge in [0.15, 0.2) is 5.82 Å². The van der Waals surface area contributed by atoms with Crippen molar-refractivity contribution in [3.05, 3.63) is 35.7 Å². The minimum atomic E-state index is -4.53. The number of benzene rings is 1. The van der Waals surface area contributed by atoms with Gasteiger partial charge in [0.1, 0.15) is 0 Å². The number of aromatic nitrogens is 3. The molecule has 116 valence electrons. The fourth-order valence-corrected chi connectivity index (χ4v) is 1.70. The van der Waals surface area contributed by atoms with Crippen LogP contribution in [-0.2, 0) is 6.18 Å². The van der Waals surface area contributed by atoms with Crippen LogP contribution in [0, 0.1) is 6.92 Å². The van der Waals surface area contributed by atoms with E-state index in [0.29, 0.717) is 5.56 Å². The molecule has 1 heterocycles. The summed E-state index contributed by atoms with van der Waals surface area (Å²) >= 11 is 0. The van der Waals surface area contributed by atoms with Crippen molar-refractivity contribution in [2.45, 2.75) is 46.8 Å². The van der Waals surface area contributed by atoms with Gasteiger partial charge in [0.2, 0.25) is 0 Å². The molecule has 0 bridgehead atoms. The Morgan fingerprint density at radius 1 is 1.05 bits per heavy atom. The summed E-state index contributed by atoms with van der Waals surface area (Å²) in [5.41, 5.74) is 1.66. The fraction of sp³-hybridized carbons (Fsp3) is 0.467. The Bertz CT molecular complexity index is 569. The molecule has 0 amide bonds. The van der Waals surface area contributed by atoms with Crippen LogP contribution in [-0.4, -0.2) is 14.8 Å². The summed E-state index contributed by atoms with van der Waals surface area (Å²) in [5, 5.41) is 3.56. The van der Waals surface area contributed by atoms with Crippen molar-refractivity contribution in [2.24, 2.45) is 0 Å². The predicted molar refractivity (Wildman–Crippen MR) is 76.9 cm³/mol. The normalized spacial score (nSPS) is 11.3. The number of alkyl halides is 3. The first-order valence-corrected chi connectivity index (χ1v) is 6.90. The average Bonchev–Trinajstić information content (AvgIpc) is 2.87.